The van der Waals surface area contributed by atoms with Crippen LogP contribution in [0.5, 0.6) is 0 Å². The van der Waals surface area contributed by atoms with Gasteiger partial charge in [-0.3, -0.25) is 0 Å². The van der Waals surface area contributed by atoms with E-state index in [1.54, 1.807) is 0 Å². The summed E-state index contributed by atoms with van der Waals surface area (Å²) in [5.41, 5.74) is 2.58. The molecule has 4 aliphatic rings. The minimum atomic E-state index is -0.403. The van der Waals surface area contributed by atoms with Crippen molar-refractivity contribution in [1.82, 2.24) is 0 Å². The summed E-state index contributed by atoms with van der Waals surface area (Å²) < 4.78 is 35.9. The maximum absolute atomic E-state index is 11.6. The van der Waals surface area contributed by atoms with E-state index in [0.717, 1.165) is 83.8 Å². The van der Waals surface area contributed by atoms with Crippen molar-refractivity contribution < 1.29 is 38.3 Å². The summed E-state index contributed by atoms with van der Waals surface area (Å²) in [5.74, 6) is 0.992. The van der Waals surface area contributed by atoms with Crippen molar-refractivity contribution in [1.29, 1.82) is 0 Å². The summed E-state index contributed by atoms with van der Waals surface area (Å²) in [4.78, 5) is 11.6. The Balaban J connectivity index is 1.55. The minimum absolute atomic E-state index is 0.00441. The van der Waals surface area contributed by atoms with Crippen molar-refractivity contribution in [2.24, 2.45) is 29.6 Å². The second kappa shape index (κ2) is 18.6. The number of hydrogen-bond acceptors (Lipinski definition) is 8. The molecule has 2 aliphatic carbocycles. The summed E-state index contributed by atoms with van der Waals surface area (Å²) in [6.45, 7) is 8.15. The van der Waals surface area contributed by atoms with E-state index in [-0.39, 0.29) is 43.9 Å². The fourth-order valence-corrected chi connectivity index (χ4v) is 7.75. The molecule has 3 fully saturated rings. The number of aliphatic hydroxyl groups excluding tert-OH is 1. The highest BCUT2D eigenvalue weighted by Crippen LogP contribution is 2.54. The predicted molar refractivity (Wildman–Crippen MR) is 170 cm³/mol. The van der Waals surface area contributed by atoms with Crippen molar-refractivity contribution in [3.8, 4) is 0 Å². The predicted octanol–water partition coefficient (Wildman–Crippen LogP) is 6.52. The molecule has 9 atom stereocenters. The number of carbonyl (C=O) groups excluding carboxylic acids is 1. The van der Waals surface area contributed by atoms with Crippen molar-refractivity contribution in [2.75, 3.05) is 40.1 Å². The standard InChI is InChI=1S/C36H58O8/c1-5-11-30(43-34-14-6-8-16-41-34)19-26(13-10-12-25(2)3)36-31-20-27(29(22-37)23-40-24-33(38)39-4)18-28(31)21-32(36)44-35-15-7-9-17-42-35/h5,11-12,18,26,28-32,34-37H,6-10,13-17,19-24H2,1-4H3. The largest absolute Gasteiger partial charge is 0.467 e. The van der Waals surface area contributed by atoms with Gasteiger partial charge in [0.15, 0.2) is 12.6 Å². The second-order valence-electron chi connectivity index (χ2n) is 13.4. The van der Waals surface area contributed by atoms with Crippen LogP contribution < -0.4 is 0 Å². The summed E-state index contributed by atoms with van der Waals surface area (Å²) in [6.07, 6.45) is 20.1. The number of carbonyl (C=O) groups is 1. The highest BCUT2D eigenvalue weighted by molar-refractivity contribution is 5.70. The van der Waals surface area contributed by atoms with Crippen LogP contribution in [0.25, 0.3) is 0 Å². The van der Waals surface area contributed by atoms with E-state index in [2.05, 4.69) is 45.1 Å². The Bertz CT molecular complexity index is 944. The number of methoxy groups -OCH3 is 1. The van der Waals surface area contributed by atoms with Gasteiger partial charge in [-0.15, -0.1) is 0 Å². The molecule has 0 aromatic carbocycles. The van der Waals surface area contributed by atoms with E-state index in [9.17, 15) is 9.90 Å². The van der Waals surface area contributed by atoms with E-state index in [0.29, 0.717) is 30.3 Å². The molecule has 1 saturated carbocycles. The number of allylic oxidation sites excluding steroid dienone is 4. The van der Waals surface area contributed by atoms with Gasteiger partial charge in [0.25, 0.3) is 0 Å². The van der Waals surface area contributed by atoms with E-state index in [4.69, 9.17) is 28.4 Å². The van der Waals surface area contributed by atoms with Crippen LogP contribution >= 0.6 is 0 Å². The first-order valence-electron chi connectivity index (χ1n) is 17.2. The summed E-state index contributed by atoms with van der Waals surface area (Å²) in [6, 6.07) is 0. The number of rotatable bonds is 17. The fourth-order valence-electron chi connectivity index (χ4n) is 7.75. The number of esters is 1. The molecular weight excluding hydrogens is 560 g/mol. The Hall–Kier alpha value is -1.55. The van der Waals surface area contributed by atoms with Crippen LogP contribution in [0.15, 0.2) is 35.5 Å². The molecule has 0 amide bonds. The summed E-state index contributed by atoms with van der Waals surface area (Å²) >= 11 is 0. The molecule has 8 heteroatoms. The highest BCUT2D eigenvalue weighted by Gasteiger charge is 2.50. The summed E-state index contributed by atoms with van der Waals surface area (Å²) in [7, 11) is 1.36. The Morgan fingerprint density at radius 1 is 1.11 bits per heavy atom. The van der Waals surface area contributed by atoms with Gasteiger partial charge in [-0.25, -0.2) is 4.79 Å². The lowest BCUT2D eigenvalue weighted by Gasteiger charge is -2.37. The number of fused-ring (bicyclic) bond motifs is 1. The van der Waals surface area contributed by atoms with Gasteiger partial charge in [0, 0.05) is 19.1 Å². The number of ether oxygens (including phenoxy) is 6. The third kappa shape index (κ3) is 10.5. The first-order valence-corrected chi connectivity index (χ1v) is 17.2. The van der Waals surface area contributed by atoms with Crippen LogP contribution in [0.2, 0.25) is 0 Å². The Morgan fingerprint density at radius 3 is 2.50 bits per heavy atom. The lowest BCUT2D eigenvalue weighted by Crippen LogP contribution is -2.37. The lowest BCUT2D eigenvalue weighted by atomic mass is 9.75. The smallest absolute Gasteiger partial charge is 0.331 e. The Morgan fingerprint density at radius 2 is 1.86 bits per heavy atom. The van der Waals surface area contributed by atoms with Crippen molar-refractivity contribution >= 4 is 5.97 Å². The topological polar surface area (TPSA) is 92.7 Å². The molecule has 8 nitrogen and oxygen atoms in total. The van der Waals surface area contributed by atoms with Gasteiger partial charge in [0.05, 0.1) is 32.5 Å². The Kier molecular flexibility index (Phi) is 14.9. The average molecular weight is 619 g/mol. The van der Waals surface area contributed by atoms with Crippen LogP contribution in [-0.4, -0.2) is 76.0 Å². The molecule has 44 heavy (non-hydrogen) atoms. The minimum Gasteiger partial charge on any atom is -0.467 e. The molecule has 1 N–H and O–H groups in total. The normalized spacial score (nSPS) is 30.9. The van der Waals surface area contributed by atoms with E-state index < -0.39 is 5.97 Å². The van der Waals surface area contributed by atoms with Crippen LogP contribution in [-0.2, 0) is 33.2 Å². The molecule has 2 aliphatic heterocycles. The third-order valence-corrected chi connectivity index (χ3v) is 9.89. The Labute approximate surface area is 265 Å². The maximum Gasteiger partial charge on any atom is 0.331 e. The number of hydrogen-bond donors (Lipinski definition) is 1. The van der Waals surface area contributed by atoms with Crippen molar-refractivity contribution in [3.63, 3.8) is 0 Å². The second-order valence-corrected chi connectivity index (χ2v) is 13.4. The molecule has 250 valence electrons. The van der Waals surface area contributed by atoms with Gasteiger partial charge in [-0.05, 0) is 115 Å². The molecular formula is C36H58O8. The zero-order chi connectivity index (χ0) is 31.3. The molecule has 0 aromatic heterocycles. The summed E-state index contributed by atoms with van der Waals surface area (Å²) in [5, 5.41) is 10.3. The molecule has 2 heterocycles. The van der Waals surface area contributed by atoms with Crippen LogP contribution in [0, 0.1) is 29.6 Å². The molecule has 2 saturated heterocycles. The van der Waals surface area contributed by atoms with Gasteiger partial charge < -0.3 is 33.5 Å². The lowest BCUT2D eigenvalue weighted by molar-refractivity contribution is -0.203. The molecule has 0 spiro atoms. The third-order valence-electron chi connectivity index (χ3n) is 9.89. The van der Waals surface area contributed by atoms with Gasteiger partial charge in [-0.1, -0.05) is 35.5 Å². The van der Waals surface area contributed by atoms with Gasteiger partial charge in [0.1, 0.15) is 6.61 Å². The highest BCUT2D eigenvalue weighted by atomic mass is 16.7. The first-order chi connectivity index (χ1) is 21.4. The molecule has 4 rings (SSSR count). The molecule has 0 aromatic rings. The van der Waals surface area contributed by atoms with Crippen LogP contribution in [0.1, 0.15) is 91.4 Å². The van der Waals surface area contributed by atoms with Crippen LogP contribution in [0.3, 0.4) is 0 Å². The van der Waals surface area contributed by atoms with Crippen molar-refractivity contribution in [2.45, 2.75) is 116 Å². The van der Waals surface area contributed by atoms with E-state index in [1.165, 1.54) is 18.3 Å². The number of aliphatic hydroxyl groups is 1. The molecule has 0 radical (unpaired) electrons. The SMILES string of the molecule is CC=CC(CC(CCC=C(C)C)C1C(OC2CCCCO2)CC2C=C(C(CO)COCC(=O)OC)CC21)OC1CCCCO1. The average Bonchev–Trinajstić information content (AvgIpc) is 3.57. The first kappa shape index (κ1) is 35.3. The van der Waals surface area contributed by atoms with Crippen molar-refractivity contribution in [3.05, 3.63) is 35.5 Å². The van der Waals surface area contributed by atoms with Crippen LogP contribution in [0.4, 0.5) is 0 Å². The quantitative estimate of drug-likeness (QED) is 0.146. The van der Waals surface area contributed by atoms with Gasteiger partial charge in [-0.2, -0.15) is 0 Å². The molecule has 0 bridgehead atoms. The zero-order valence-corrected chi connectivity index (χ0v) is 27.6. The molecule has 9 unspecified atom stereocenters. The monoisotopic (exact) mass is 618 g/mol. The van der Waals surface area contributed by atoms with E-state index >= 15 is 0 Å². The zero-order valence-electron chi connectivity index (χ0n) is 27.6. The fraction of sp³-hybridized carbons (Fsp3) is 0.806. The van der Waals surface area contributed by atoms with E-state index in [1.807, 2.05) is 0 Å². The van der Waals surface area contributed by atoms with Gasteiger partial charge in [0.2, 0.25) is 0 Å². The maximum atomic E-state index is 11.6. The van der Waals surface area contributed by atoms with Gasteiger partial charge >= 0.3 is 5.97 Å².